The third-order valence-corrected chi connectivity index (χ3v) is 3.71. The Morgan fingerprint density at radius 1 is 1.32 bits per heavy atom. The maximum atomic E-state index is 11.5. The summed E-state index contributed by atoms with van der Waals surface area (Å²) in [6.07, 6.45) is 0.397. The molecule has 0 radical (unpaired) electrons. The number of rotatable bonds is 4. The van der Waals surface area contributed by atoms with Gasteiger partial charge >= 0.3 is 11.8 Å². The quantitative estimate of drug-likeness (QED) is 0.556. The molecule has 8 nitrogen and oxygen atoms in total. The Bertz CT molecular complexity index is 803. The fraction of sp³-hybridized carbons (Fsp3) is 0.250. The van der Waals surface area contributed by atoms with Crippen molar-refractivity contribution in [3.8, 4) is 0 Å². The number of nitrogens with zero attached hydrogens (tertiary/aromatic N) is 3. The first-order valence-electron chi connectivity index (χ1n) is 7.30. The summed E-state index contributed by atoms with van der Waals surface area (Å²) in [6, 6.07) is 7.91. The zero-order valence-electron chi connectivity index (χ0n) is 13.9. The van der Waals surface area contributed by atoms with E-state index in [1.165, 1.54) is 17.2 Å². The van der Waals surface area contributed by atoms with Crippen LogP contribution in [-0.4, -0.2) is 26.6 Å². The first-order chi connectivity index (χ1) is 11.6. The third kappa shape index (κ3) is 4.44. The van der Waals surface area contributed by atoms with E-state index in [0.717, 1.165) is 0 Å². The molecule has 132 valence electrons. The van der Waals surface area contributed by atoms with E-state index in [1.54, 1.807) is 45.0 Å². The van der Waals surface area contributed by atoms with Crippen LogP contribution in [0.1, 0.15) is 20.8 Å². The number of aromatic nitrogens is 1. The van der Waals surface area contributed by atoms with Gasteiger partial charge in [0.15, 0.2) is 0 Å². The summed E-state index contributed by atoms with van der Waals surface area (Å²) >= 11 is 3.15. The summed E-state index contributed by atoms with van der Waals surface area (Å²) in [5, 5.41) is 23.4. The van der Waals surface area contributed by atoms with Crippen LogP contribution in [0.25, 0.3) is 0 Å². The topological polar surface area (TPSA) is 109 Å². The minimum absolute atomic E-state index is 0.104. The van der Waals surface area contributed by atoms with Gasteiger partial charge < -0.3 is 10.4 Å². The van der Waals surface area contributed by atoms with Gasteiger partial charge in [0.25, 0.3) is 0 Å². The van der Waals surface area contributed by atoms with Crippen LogP contribution in [0.4, 0.5) is 27.7 Å². The highest BCUT2D eigenvalue weighted by Crippen LogP contribution is 2.30. The standard InChI is InChI=1S/C16H17BrN4O4/c1-16(2,3)20(15(22)23)12-6-4-11(5-7-12)19-14-13(21(24)25)8-10(17)9-18-14/h4-9H,1-3H3,(H,18,19)(H,22,23). The largest absolute Gasteiger partial charge is 0.465 e. The molecular formula is C16H17BrN4O4. The summed E-state index contributed by atoms with van der Waals surface area (Å²) in [5.41, 5.74) is 0.289. The molecule has 1 aromatic carbocycles. The molecule has 0 saturated carbocycles. The van der Waals surface area contributed by atoms with Crippen LogP contribution < -0.4 is 10.2 Å². The molecule has 0 unspecified atom stereocenters. The summed E-state index contributed by atoms with van der Waals surface area (Å²) in [7, 11) is 0. The smallest absolute Gasteiger partial charge is 0.412 e. The van der Waals surface area contributed by atoms with Crippen molar-refractivity contribution in [2.45, 2.75) is 26.3 Å². The van der Waals surface area contributed by atoms with E-state index < -0.39 is 16.6 Å². The predicted octanol–water partition coefficient (Wildman–Crippen LogP) is 4.78. The maximum absolute atomic E-state index is 11.5. The van der Waals surface area contributed by atoms with Crippen molar-refractivity contribution in [2.75, 3.05) is 10.2 Å². The number of halogens is 1. The monoisotopic (exact) mass is 408 g/mol. The van der Waals surface area contributed by atoms with Crippen molar-refractivity contribution >= 4 is 44.9 Å². The van der Waals surface area contributed by atoms with Crippen LogP contribution in [0.15, 0.2) is 41.0 Å². The van der Waals surface area contributed by atoms with Crippen molar-refractivity contribution < 1.29 is 14.8 Å². The molecule has 0 fully saturated rings. The molecule has 0 aliphatic heterocycles. The second-order valence-corrected chi connectivity index (χ2v) is 7.15. The molecule has 0 atom stereocenters. The van der Waals surface area contributed by atoms with E-state index in [2.05, 4.69) is 26.2 Å². The molecular weight excluding hydrogens is 392 g/mol. The Hall–Kier alpha value is -2.68. The first-order valence-corrected chi connectivity index (χ1v) is 8.09. The van der Waals surface area contributed by atoms with Crippen LogP contribution >= 0.6 is 15.9 Å². The summed E-state index contributed by atoms with van der Waals surface area (Å²) in [4.78, 5) is 27.4. The van der Waals surface area contributed by atoms with Gasteiger partial charge in [-0.3, -0.25) is 15.0 Å². The number of hydrogen-bond acceptors (Lipinski definition) is 5. The van der Waals surface area contributed by atoms with E-state index in [1.807, 2.05) is 0 Å². The zero-order valence-corrected chi connectivity index (χ0v) is 15.4. The molecule has 1 heterocycles. The van der Waals surface area contributed by atoms with Gasteiger partial charge in [0.1, 0.15) is 0 Å². The molecule has 1 aromatic heterocycles. The van der Waals surface area contributed by atoms with Crippen molar-refractivity contribution in [1.82, 2.24) is 4.98 Å². The van der Waals surface area contributed by atoms with Crippen LogP contribution in [0, 0.1) is 10.1 Å². The number of nitro groups is 1. The Kier molecular flexibility index (Phi) is 5.27. The molecule has 25 heavy (non-hydrogen) atoms. The number of anilines is 3. The lowest BCUT2D eigenvalue weighted by atomic mass is 10.1. The van der Waals surface area contributed by atoms with Crippen LogP contribution in [0.3, 0.4) is 0 Å². The Morgan fingerprint density at radius 3 is 2.40 bits per heavy atom. The van der Waals surface area contributed by atoms with Gasteiger partial charge in [-0.05, 0) is 61.0 Å². The molecule has 2 N–H and O–H groups in total. The van der Waals surface area contributed by atoms with E-state index >= 15 is 0 Å². The normalized spacial score (nSPS) is 11.0. The molecule has 2 aromatic rings. The lowest BCUT2D eigenvalue weighted by Crippen LogP contribution is -2.45. The SMILES string of the molecule is CC(C)(C)N(C(=O)O)c1ccc(Nc2ncc(Br)cc2[N+](=O)[O-])cc1. The van der Waals surface area contributed by atoms with E-state index in [4.69, 9.17) is 0 Å². The number of carboxylic acid groups (broad SMARTS) is 1. The molecule has 0 aliphatic rings. The number of benzene rings is 1. The molecule has 0 bridgehead atoms. The second kappa shape index (κ2) is 7.06. The minimum atomic E-state index is -1.06. The molecule has 9 heteroatoms. The fourth-order valence-electron chi connectivity index (χ4n) is 2.28. The molecule has 1 amide bonds. The number of nitrogens with one attached hydrogen (secondary N) is 1. The average Bonchev–Trinajstić information content (AvgIpc) is 2.49. The van der Waals surface area contributed by atoms with Gasteiger partial charge in [-0.15, -0.1) is 0 Å². The molecule has 2 rings (SSSR count). The predicted molar refractivity (Wildman–Crippen MR) is 98.6 cm³/mol. The number of amides is 1. The van der Waals surface area contributed by atoms with E-state index in [-0.39, 0.29) is 11.5 Å². The van der Waals surface area contributed by atoms with Gasteiger partial charge in [0.05, 0.1) is 4.92 Å². The highest BCUT2D eigenvalue weighted by Gasteiger charge is 2.27. The number of hydrogen-bond donors (Lipinski definition) is 2. The lowest BCUT2D eigenvalue weighted by molar-refractivity contribution is -0.384. The Labute approximate surface area is 152 Å². The highest BCUT2D eigenvalue weighted by atomic mass is 79.9. The molecule has 0 spiro atoms. The van der Waals surface area contributed by atoms with Gasteiger partial charge in [-0.2, -0.15) is 0 Å². The summed E-state index contributed by atoms with van der Waals surface area (Å²) in [6.45, 7) is 5.38. The average molecular weight is 409 g/mol. The zero-order chi connectivity index (χ0) is 18.8. The van der Waals surface area contributed by atoms with Gasteiger partial charge in [-0.25, -0.2) is 9.78 Å². The number of carbonyl (C=O) groups is 1. The van der Waals surface area contributed by atoms with Crippen molar-refractivity contribution in [2.24, 2.45) is 0 Å². The summed E-state index contributed by atoms with van der Waals surface area (Å²) < 4.78 is 0.502. The van der Waals surface area contributed by atoms with E-state index in [9.17, 15) is 20.0 Å². The minimum Gasteiger partial charge on any atom is -0.465 e. The van der Waals surface area contributed by atoms with Gasteiger partial charge in [0.2, 0.25) is 5.82 Å². The fourth-order valence-corrected chi connectivity index (χ4v) is 2.60. The van der Waals surface area contributed by atoms with Crippen molar-refractivity contribution in [3.63, 3.8) is 0 Å². The van der Waals surface area contributed by atoms with Crippen LogP contribution in [-0.2, 0) is 0 Å². The van der Waals surface area contributed by atoms with Crippen molar-refractivity contribution in [1.29, 1.82) is 0 Å². The second-order valence-electron chi connectivity index (χ2n) is 6.24. The van der Waals surface area contributed by atoms with Crippen LogP contribution in [0.2, 0.25) is 0 Å². The number of pyridine rings is 1. The van der Waals surface area contributed by atoms with E-state index in [0.29, 0.717) is 15.8 Å². The maximum Gasteiger partial charge on any atom is 0.412 e. The van der Waals surface area contributed by atoms with Gasteiger partial charge in [-0.1, -0.05) is 0 Å². The highest BCUT2D eigenvalue weighted by molar-refractivity contribution is 9.10. The Balaban J connectivity index is 2.30. The molecule has 0 saturated heterocycles. The van der Waals surface area contributed by atoms with Crippen molar-refractivity contribution in [3.05, 3.63) is 51.1 Å². The lowest BCUT2D eigenvalue weighted by Gasteiger charge is -2.33. The van der Waals surface area contributed by atoms with Gasteiger partial charge in [0, 0.05) is 33.6 Å². The third-order valence-electron chi connectivity index (χ3n) is 3.28. The first kappa shape index (κ1) is 18.7. The molecule has 0 aliphatic carbocycles. The Morgan fingerprint density at radius 2 is 1.92 bits per heavy atom. The van der Waals surface area contributed by atoms with Crippen LogP contribution in [0.5, 0.6) is 0 Å². The summed E-state index contributed by atoms with van der Waals surface area (Å²) in [5.74, 6) is 0.104.